The van der Waals surface area contributed by atoms with Crippen molar-refractivity contribution in [1.29, 1.82) is 0 Å². The van der Waals surface area contributed by atoms with E-state index < -0.39 is 6.10 Å². The third-order valence-electron chi connectivity index (χ3n) is 1.87. The van der Waals surface area contributed by atoms with Crippen molar-refractivity contribution in [3.8, 4) is 0 Å². The van der Waals surface area contributed by atoms with Crippen molar-refractivity contribution < 1.29 is 14.4 Å². The fourth-order valence-electron chi connectivity index (χ4n) is 1.17. The largest absolute Gasteiger partial charge is 0.389 e. The highest BCUT2D eigenvalue weighted by molar-refractivity contribution is 5.02. The van der Waals surface area contributed by atoms with Crippen molar-refractivity contribution in [1.82, 2.24) is 10.5 Å². The lowest BCUT2D eigenvalue weighted by Gasteiger charge is -2.10. The fourth-order valence-corrected chi connectivity index (χ4v) is 1.17. The minimum atomic E-state index is -0.478. The Morgan fingerprint density at radius 1 is 1.67 bits per heavy atom. The van der Waals surface area contributed by atoms with Crippen LogP contribution in [0.3, 0.4) is 0 Å². The van der Waals surface area contributed by atoms with Gasteiger partial charge in [-0.1, -0.05) is 5.16 Å². The molecule has 0 radical (unpaired) electrons. The predicted molar refractivity (Wildman–Crippen MR) is 55.4 cm³/mol. The van der Waals surface area contributed by atoms with Gasteiger partial charge in [-0.2, -0.15) is 0 Å². The predicted octanol–water partition coefficient (Wildman–Crippen LogP) is 0.470. The number of rotatable bonds is 7. The summed E-state index contributed by atoms with van der Waals surface area (Å²) in [6, 6.07) is 1.86. The third kappa shape index (κ3) is 4.92. The highest BCUT2D eigenvalue weighted by Crippen LogP contribution is 2.00. The molecule has 0 bridgehead atoms. The molecular formula is C10H18N2O3. The van der Waals surface area contributed by atoms with Gasteiger partial charge in [0.2, 0.25) is 0 Å². The van der Waals surface area contributed by atoms with E-state index in [0.29, 0.717) is 26.3 Å². The van der Waals surface area contributed by atoms with Crippen molar-refractivity contribution >= 4 is 0 Å². The minimum absolute atomic E-state index is 0.360. The van der Waals surface area contributed by atoms with E-state index >= 15 is 0 Å². The Morgan fingerprint density at radius 2 is 2.47 bits per heavy atom. The summed E-state index contributed by atoms with van der Waals surface area (Å²) in [5.41, 5.74) is 0.863. The molecule has 0 aliphatic heterocycles. The molecule has 15 heavy (non-hydrogen) atoms. The number of hydrogen-bond acceptors (Lipinski definition) is 5. The average molecular weight is 214 g/mol. The van der Waals surface area contributed by atoms with Crippen LogP contribution in [0.1, 0.15) is 18.4 Å². The molecule has 0 amide bonds. The average Bonchev–Trinajstić information content (AvgIpc) is 2.61. The molecule has 0 fully saturated rings. The zero-order valence-corrected chi connectivity index (χ0v) is 9.19. The Labute approximate surface area is 89.4 Å². The van der Waals surface area contributed by atoms with Gasteiger partial charge in [0.05, 0.1) is 24.9 Å². The number of nitrogens with one attached hydrogen (secondary N) is 1. The van der Waals surface area contributed by atoms with Gasteiger partial charge in [-0.3, -0.25) is 0 Å². The van der Waals surface area contributed by atoms with Crippen molar-refractivity contribution in [2.75, 3.05) is 19.8 Å². The molecule has 0 saturated heterocycles. The minimum Gasteiger partial charge on any atom is -0.389 e. The zero-order valence-electron chi connectivity index (χ0n) is 9.19. The topological polar surface area (TPSA) is 67.5 Å². The van der Waals surface area contributed by atoms with Gasteiger partial charge >= 0.3 is 0 Å². The van der Waals surface area contributed by atoms with E-state index in [9.17, 15) is 5.11 Å². The summed E-state index contributed by atoms with van der Waals surface area (Å²) in [7, 11) is 0. The molecule has 5 heteroatoms. The van der Waals surface area contributed by atoms with E-state index in [0.717, 1.165) is 11.5 Å². The first-order chi connectivity index (χ1) is 7.22. The highest BCUT2D eigenvalue weighted by atomic mass is 16.5. The lowest BCUT2D eigenvalue weighted by Crippen LogP contribution is -2.30. The van der Waals surface area contributed by atoms with Crippen LogP contribution in [0.5, 0.6) is 0 Å². The maximum atomic E-state index is 9.43. The summed E-state index contributed by atoms with van der Waals surface area (Å²) < 4.78 is 10.1. The Morgan fingerprint density at radius 3 is 3.07 bits per heavy atom. The zero-order chi connectivity index (χ0) is 11.1. The molecule has 1 rings (SSSR count). The van der Waals surface area contributed by atoms with E-state index in [4.69, 9.17) is 9.26 Å². The van der Waals surface area contributed by atoms with Gasteiger partial charge in [-0.05, 0) is 13.8 Å². The molecule has 0 saturated carbocycles. The van der Waals surface area contributed by atoms with Crippen LogP contribution in [-0.2, 0) is 11.3 Å². The van der Waals surface area contributed by atoms with E-state index in [-0.39, 0.29) is 0 Å². The van der Waals surface area contributed by atoms with Crippen LogP contribution in [0.4, 0.5) is 0 Å². The van der Waals surface area contributed by atoms with Gasteiger partial charge in [0.1, 0.15) is 0 Å². The normalized spacial score (nSPS) is 13.0. The molecule has 2 N–H and O–H groups in total. The maximum Gasteiger partial charge on any atom is 0.150 e. The summed E-state index contributed by atoms with van der Waals surface area (Å²) in [5.74, 6) is 0.774. The second-order valence-corrected chi connectivity index (χ2v) is 3.38. The molecule has 0 aliphatic carbocycles. The van der Waals surface area contributed by atoms with Crippen LogP contribution < -0.4 is 5.32 Å². The molecule has 1 unspecified atom stereocenters. The number of ether oxygens (including phenoxy) is 1. The Kier molecular flexibility index (Phi) is 5.31. The molecule has 1 heterocycles. The van der Waals surface area contributed by atoms with Crippen molar-refractivity contribution in [2.24, 2.45) is 0 Å². The smallest absolute Gasteiger partial charge is 0.150 e. The number of aliphatic hydroxyl groups is 1. The van der Waals surface area contributed by atoms with Crippen LogP contribution in [0, 0.1) is 6.92 Å². The van der Waals surface area contributed by atoms with E-state index in [2.05, 4.69) is 10.5 Å². The Balaban J connectivity index is 2.10. The second-order valence-electron chi connectivity index (χ2n) is 3.38. The van der Waals surface area contributed by atoms with Gasteiger partial charge in [-0.25, -0.2) is 0 Å². The molecule has 1 aromatic heterocycles. The molecule has 5 nitrogen and oxygen atoms in total. The molecule has 1 atom stereocenters. The van der Waals surface area contributed by atoms with Crippen LogP contribution in [0.15, 0.2) is 10.6 Å². The first-order valence-electron chi connectivity index (χ1n) is 5.11. The van der Waals surface area contributed by atoms with E-state index in [1.165, 1.54) is 0 Å². The Bertz CT molecular complexity index is 275. The van der Waals surface area contributed by atoms with Crippen LogP contribution in [-0.4, -0.2) is 36.1 Å². The summed E-state index contributed by atoms with van der Waals surface area (Å²) in [4.78, 5) is 0. The van der Waals surface area contributed by atoms with Crippen molar-refractivity contribution in [3.63, 3.8) is 0 Å². The van der Waals surface area contributed by atoms with Gasteiger partial charge < -0.3 is 19.7 Å². The molecular weight excluding hydrogens is 196 g/mol. The summed E-state index contributed by atoms with van der Waals surface area (Å²) in [5, 5.41) is 16.3. The first-order valence-corrected chi connectivity index (χ1v) is 5.11. The highest BCUT2D eigenvalue weighted by Gasteiger charge is 2.04. The van der Waals surface area contributed by atoms with Crippen molar-refractivity contribution in [2.45, 2.75) is 26.5 Å². The Hall–Kier alpha value is -0.910. The fraction of sp³-hybridized carbons (Fsp3) is 0.700. The number of aliphatic hydroxyl groups excluding tert-OH is 1. The van der Waals surface area contributed by atoms with Gasteiger partial charge in [0.25, 0.3) is 0 Å². The van der Waals surface area contributed by atoms with E-state index in [1.54, 1.807) is 0 Å². The standard InChI is InChI=1S/C10H18N2O3/c1-3-14-7-9(13)5-11-6-10-4-8(2)12-15-10/h4,9,11,13H,3,5-7H2,1-2H3. The van der Waals surface area contributed by atoms with Crippen LogP contribution >= 0.6 is 0 Å². The summed E-state index contributed by atoms with van der Waals surface area (Å²) in [6.07, 6.45) is -0.478. The van der Waals surface area contributed by atoms with Crippen LogP contribution in [0.2, 0.25) is 0 Å². The quantitative estimate of drug-likeness (QED) is 0.690. The SMILES string of the molecule is CCOCC(O)CNCc1cc(C)no1. The third-order valence-corrected chi connectivity index (χ3v) is 1.87. The molecule has 0 aromatic carbocycles. The molecule has 0 spiro atoms. The molecule has 0 aliphatic rings. The monoisotopic (exact) mass is 214 g/mol. The van der Waals surface area contributed by atoms with Gasteiger partial charge in [0, 0.05) is 19.2 Å². The van der Waals surface area contributed by atoms with E-state index in [1.807, 2.05) is 19.9 Å². The summed E-state index contributed by atoms with van der Waals surface area (Å²) in [6.45, 7) is 5.81. The van der Waals surface area contributed by atoms with Gasteiger partial charge in [0.15, 0.2) is 5.76 Å². The van der Waals surface area contributed by atoms with Gasteiger partial charge in [-0.15, -0.1) is 0 Å². The molecule has 1 aromatic rings. The number of aryl methyl sites for hydroxylation is 1. The van der Waals surface area contributed by atoms with Crippen molar-refractivity contribution in [3.05, 3.63) is 17.5 Å². The number of nitrogens with zero attached hydrogens (tertiary/aromatic N) is 1. The number of hydrogen-bond donors (Lipinski definition) is 2. The lowest BCUT2D eigenvalue weighted by molar-refractivity contribution is 0.0424. The first kappa shape index (κ1) is 12.2. The second kappa shape index (κ2) is 6.55. The lowest BCUT2D eigenvalue weighted by atomic mass is 10.3. The van der Waals surface area contributed by atoms with Crippen LogP contribution in [0.25, 0.3) is 0 Å². The maximum absolute atomic E-state index is 9.43. The molecule has 86 valence electrons. The summed E-state index contributed by atoms with van der Waals surface area (Å²) >= 11 is 0. The number of aromatic nitrogens is 1.